The Labute approximate surface area is 173 Å². The van der Waals surface area contributed by atoms with Crippen LogP contribution in [-0.4, -0.2) is 60.4 Å². The van der Waals surface area contributed by atoms with Crippen molar-refractivity contribution in [3.05, 3.63) is 41.0 Å². The summed E-state index contributed by atoms with van der Waals surface area (Å²) in [6.45, 7) is 6.91. The second-order valence-corrected chi connectivity index (χ2v) is 7.99. The number of amides is 2. The van der Waals surface area contributed by atoms with Crippen LogP contribution in [0.1, 0.15) is 48.2 Å². The van der Waals surface area contributed by atoms with Gasteiger partial charge in [-0.1, -0.05) is 25.1 Å². The zero-order valence-corrected chi connectivity index (χ0v) is 17.4. The summed E-state index contributed by atoms with van der Waals surface area (Å²) in [5.41, 5.74) is 3.13. The van der Waals surface area contributed by atoms with E-state index < -0.39 is 0 Å². The first-order valence-electron chi connectivity index (χ1n) is 10.5. The highest BCUT2D eigenvalue weighted by Crippen LogP contribution is 2.21. The number of likely N-dealkylation sites (tertiary alicyclic amines) is 1. The van der Waals surface area contributed by atoms with E-state index in [1.807, 2.05) is 25.1 Å². The predicted molar refractivity (Wildman–Crippen MR) is 113 cm³/mol. The lowest BCUT2D eigenvalue weighted by molar-refractivity contribution is -0.131. The van der Waals surface area contributed by atoms with Gasteiger partial charge in [-0.15, -0.1) is 0 Å². The summed E-state index contributed by atoms with van der Waals surface area (Å²) in [5.74, 6) is 0.280. The van der Waals surface area contributed by atoms with Gasteiger partial charge < -0.3 is 10.2 Å². The molecule has 3 rings (SSSR count). The van der Waals surface area contributed by atoms with E-state index in [1.165, 1.54) is 11.1 Å². The van der Waals surface area contributed by atoms with Crippen LogP contribution in [0.15, 0.2) is 24.3 Å². The minimum absolute atomic E-state index is 0.0282. The van der Waals surface area contributed by atoms with Crippen LogP contribution in [0.25, 0.3) is 6.08 Å². The van der Waals surface area contributed by atoms with Crippen molar-refractivity contribution in [1.29, 1.82) is 5.26 Å². The van der Waals surface area contributed by atoms with Crippen molar-refractivity contribution in [2.45, 2.75) is 39.2 Å². The van der Waals surface area contributed by atoms with Gasteiger partial charge in [-0.05, 0) is 48.9 Å². The summed E-state index contributed by atoms with van der Waals surface area (Å²) in [6.07, 6.45) is 6.63. The summed E-state index contributed by atoms with van der Waals surface area (Å²) >= 11 is 0. The van der Waals surface area contributed by atoms with Crippen LogP contribution in [0.5, 0.6) is 0 Å². The number of aryl methyl sites for hydroxylation is 1. The summed E-state index contributed by atoms with van der Waals surface area (Å²) in [7, 11) is 0. The van der Waals surface area contributed by atoms with E-state index in [0.717, 1.165) is 19.4 Å². The lowest BCUT2D eigenvalue weighted by atomic mass is 9.95. The van der Waals surface area contributed by atoms with Crippen molar-refractivity contribution >= 4 is 17.9 Å². The molecule has 6 nitrogen and oxygen atoms in total. The van der Waals surface area contributed by atoms with Crippen molar-refractivity contribution in [3.8, 4) is 6.07 Å². The van der Waals surface area contributed by atoms with Crippen LogP contribution in [0.2, 0.25) is 0 Å². The molecule has 1 aliphatic heterocycles. The van der Waals surface area contributed by atoms with Crippen molar-refractivity contribution < 1.29 is 9.59 Å². The molecule has 1 aliphatic carbocycles. The number of carbonyl (C=O) groups excluding carboxylic acids is 2. The van der Waals surface area contributed by atoms with Gasteiger partial charge in [-0.2, -0.15) is 5.26 Å². The molecule has 154 valence electrons. The molecule has 1 fully saturated rings. The molecule has 2 atom stereocenters. The van der Waals surface area contributed by atoms with Gasteiger partial charge in [-0.25, -0.2) is 0 Å². The van der Waals surface area contributed by atoms with Crippen LogP contribution in [0.3, 0.4) is 0 Å². The maximum Gasteiger partial charge on any atom is 0.251 e. The summed E-state index contributed by atoms with van der Waals surface area (Å²) in [6, 6.07) is 8.03. The number of carbonyl (C=O) groups is 2. The number of likely N-dealkylation sites (N-methyl/N-ethyl adjacent to an activating group) is 1. The van der Waals surface area contributed by atoms with Gasteiger partial charge in [0.2, 0.25) is 5.91 Å². The molecule has 0 unspecified atom stereocenters. The Balaban J connectivity index is 1.56. The molecular weight excluding hydrogens is 364 g/mol. The number of allylic oxidation sites excluding steroid dienone is 1. The molecule has 0 spiro atoms. The number of fused-ring (bicyclic) bond motifs is 1. The third kappa shape index (κ3) is 5.24. The smallest absolute Gasteiger partial charge is 0.251 e. The number of benzene rings is 1. The van der Waals surface area contributed by atoms with Gasteiger partial charge in [-0.3, -0.25) is 14.5 Å². The van der Waals surface area contributed by atoms with Crippen molar-refractivity contribution in [1.82, 2.24) is 15.1 Å². The Kier molecular flexibility index (Phi) is 7.05. The molecule has 29 heavy (non-hydrogen) atoms. The average Bonchev–Trinajstić information content (AvgIpc) is 3.06. The standard InChI is InChI=1S/C23H30N4O2/c1-3-27(12-6-11-24)22(28)16-26-14-17(2)21(15-26)25-23(29)20-10-9-18-7-4-5-8-19(18)13-20/h4,7,9-10,13,17,21H,3,5-6,8,12,14-16H2,1-2H3,(H,25,29)/t17-,21-/m1/s1. The molecule has 0 saturated carbocycles. The van der Waals surface area contributed by atoms with E-state index in [2.05, 4.69) is 35.4 Å². The topological polar surface area (TPSA) is 76.4 Å². The largest absolute Gasteiger partial charge is 0.348 e. The van der Waals surface area contributed by atoms with Crippen molar-refractivity contribution in [3.63, 3.8) is 0 Å². The second kappa shape index (κ2) is 9.71. The van der Waals surface area contributed by atoms with Crippen LogP contribution in [0, 0.1) is 17.2 Å². The second-order valence-electron chi connectivity index (χ2n) is 7.99. The Hall–Kier alpha value is -2.65. The number of nitrogens with one attached hydrogen (secondary N) is 1. The third-order valence-corrected chi connectivity index (χ3v) is 5.87. The molecule has 0 aromatic heterocycles. The summed E-state index contributed by atoms with van der Waals surface area (Å²) < 4.78 is 0. The number of hydrogen-bond acceptors (Lipinski definition) is 4. The fourth-order valence-corrected chi connectivity index (χ4v) is 4.15. The lowest BCUT2D eigenvalue weighted by Crippen LogP contribution is -2.42. The van der Waals surface area contributed by atoms with Gasteiger partial charge in [0, 0.05) is 37.8 Å². The molecule has 1 aromatic carbocycles. The van der Waals surface area contributed by atoms with Crippen LogP contribution < -0.4 is 5.32 Å². The van der Waals surface area contributed by atoms with Crippen LogP contribution in [0.4, 0.5) is 0 Å². The van der Waals surface area contributed by atoms with E-state index in [-0.39, 0.29) is 23.8 Å². The van der Waals surface area contributed by atoms with Crippen molar-refractivity contribution in [2.75, 3.05) is 32.7 Å². The number of nitrogens with zero attached hydrogens (tertiary/aromatic N) is 3. The zero-order valence-electron chi connectivity index (χ0n) is 17.4. The first-order chi connectivity index (χ1) is 14.0. The fraction of sp³-hybridized carbons (Fsp3) is 0.522. The molecule has 1 heterocycles. The van der Waals surface area contributed by atoms with Gasteiger partial charge in [0.15, 0.2) is 0 Å². The van der Waals surface area contributed by atoms with Gasteiger partial charge in [0.25, 0.3) is 5.91 Å². The first kappa shape index (κ1) is 21.1. The number of rotatable bonds is 7. The van der Waals surface area contributed by atoms with Crippen LogP contribution in [-0.2, 0) is 11.2 Å². The zero-order chi connectivity index (χ0) is 20.8. The van der Waals surface area contributed by atoms with E-state index in [9.17, 15) is 9.59 Å². The molecule has 2 aliphatic rings. The SMILES string of the molecule is CCN(CCC#N)C(=O)CN1C[C@@H](C)[C@H](NC(=O)c2ccc3c(c2)CCC=C3)C1. The van der Waals surface area contributed by atoms with Crippen LogP contribution >= 0.6 is 0 Å². The van der Waals surface area contributed by atoms with Gasteiger partial charge in [0.05, 0.1) is 19.0 Å². The quantitative estimate of drug-likeness (QED) is 0.771. The van der Waals surface area contributed by atoms with E-state index in [4.69, 9.17) is 5.26 Å². The third-order valence-electron chi connectivity index (χ3n) is 5.87. The minimum atomic E-state index is -0.0448. The molecule has 2 amide bonds. The Bertz CT molecular complexity index is 827. The molecular formula is C23H30N4O2. The van der Waals surface area contributed by atoms with Gasteiger partial charge >= 0.3 is 0 Å². The molecule has 6 heteroatoms. The summed E-state index contributed by atoms with van der Waals surface area (Å²) in [4.78, 5) is 29.1. The Morgan fingerprint density at radius 2 is 2.17 bits per heavy atom. The normalized spacial score (nSPS) is 20.7. The van der Waals surface area contributed by atoms with E-state index in [1.54, 1.807) is 4.90 Å². The van der Waals surface area contributed by atoms with E-state index in [0.29, 0.717) is 38.2 Å². The first-order valence-corrected chi connectivity index (χ1v) is 10.5. The van der Waals surface area contributed by atoms with Crippen molar-refractivity contribution in [2.24, 2.45) is 5.92 Å². The highest BCUT2D eigenvalue weighted by atomic mass is 16.2. The highest BCUT2D eigenvalue weighted by Gasteiger charge is 2.32. The Morgan fingerprint density at radius 3 is 2.93 bits per heavy atom. The maximum atomic E-state index is 12.8. The lowest BCUT2D eigenvalue weighted by Gasteiger charge is -2.23. The minimum Gasteiger partial charge on any atom is -0.348 e. The molecule has 0 bridgehead atoms. The molecule has 1 N–H and O–H groups in total. The molecule has 1 saturated heterocycles. The molecule has 0 radical (unpaired) electrons. The maximum absolute atomic E-state index is 12.8. The number of nitriles is 1. The van der Waals surface area contributed by atoms with E-state index >= 15 is 0 Å². The monoisotopic (exact) mass is 394 g/mol. The Morgan fingerprint density at radius 1 is 1.34 bits per heavy atom. The summed E-state index contributed by atoms with van der Waals surface area (Å²) in [5, 5.41) is 11.9. The van der Waals surface area contributed by atoms with Gasteiger partial charge in [0.1, 0.15) is 0 Å². The highest BCUT2D eigenvalue weighted by molar-refractivity contribution is 5.95. The molecule has 1 aromatic rings. The number of hydrogen-bond donors (Lipinski definition) is 1. The average molecular weight is 395 g/mol. The fourth-order valence-electron chi connectivity index (χ4n) is 4.15. The predicted octanol–water partition coefficient (Wildman–Crippen LogP) is 2.46.